The van der Waals surface area contributed by atoms with Gasteiger partial charge in [0.2, 0.25) is 5.95 Å². The van der Waals surface area contributed by atoms with Crippen molar-refractivity contribution in [2.75, 3.05) is 24.7 Å². The third kappa shape index (κ3) is 5.01. The molecule has 0 bridgehead atoms. The highest BCUT2D eigenvalue weighted by Crippen LogP contribution is 2.54. The van der Waals surface area contributed by atoms with E-state index in [0.717, 1.165) is 22.8 Å². The van der Waals surface area contributed by atoms with Gasteiger partial charge in [-0.1, -0.05) is 5.21 Å². The minimum Gasteiger partial charge on any atom is -0.395 e. The number of thioether (sulfide) groups is 1. The number of aromatic amines is 1. The average molecular weight is 650 g/mol. The van der Waals surface area contributed by atoms with Gasteiger partial charge in [-0.15, -0.1) is 16.9 Å². The predicted octanol–water partition coefficient (Wildman–Crippen LogP) is -1.32. The van der Waals surface area contributed by atoms with Crippen LogP contribution in [0, 0.1) is 0 Å². The largest absolute Gasteiger partial charge is 0.395 e. The normalized spacial score (nSPS) is 31.3. The summed E-state index contributed by atoms with van der Waals surface area (Å²) in [6.07, 6.45) is -7.65. The number of aromatic nitrogens is 9. The molecule has 4 aromatic rings. The van der Waals surface area contributed by atoms with Gasteiger partial charge in [-0.3, -0.25) is 18.9 Å². The number of fused-ring (bicyclic) bond motifs is 2. The summed E-state index contributed by atoms with van der Waals surface area (Å²) in [6.45, 7) is -5.53. The molecular weight excluding hydrogens is 627 g/mol. The summed E-state index contributed by atoms with van der Waals surface area (Å²) in [4.78, 5) is 41.2. The molecule has 2 fully saturated rings. The fourth-order valence-corrected chi connectivity index (χ4v) is 7.54. The fourth-order valence-electron chi connectivity index (χ4n) is 4.65. The van der Waals surface area contributed by atoms with E-state index in [4.69, 9.17) is 37.1 Å². The number of nitrogens with two attached hydrogens (primary N) is 2. The number of rotatable bonds is 8. The lowest BCUT2D eigenvalue weighted by atomic mass is 10.1. The summed E-state index contributed by atoms with van der Waals surface area (Å²) in [5.74, 6) is -0.207. The molecule has 2 aliphatic heterocycles. The van der Waals surface area contributed by atoms with Gasteiger partial charge in [0.15, 0.2) is 40.5 Å². The third-order valence-electron chi connectivity index (χ3n) is 6.65. The van der Waals surface area contributed by atoms with Gasteiger partial charge in [-0.2, -0.15) is 9.67 Å². The summed E-state index contributed by atoms with van der Waals surface area (Å²) < 4.78 is 49.2. The van der Waals surface area contributed by atoms with Crippen LogP contribution in [0.5, 0.6) is 0 Å². The number of nitrogen functional groups attached to an aromatic ring is 2. The molecule has 0 radical (unpaired) electrons. The number of hydrogen-bond acceptors (Lipinski definition) is 16. The Balaban J connectivity index is 1.19. The lowest BCUT2D eigenvalue weighted by Gasteiger charge is -2.27. The minimum atomic E-state index is -4.29. The van der Waals surface area contributed by atoms with Crippen LogP contribution in [0.3, 0.4) is 0 Å². The zero-order valence-electron chi connectivity index (χ0n) is 20.9. The Morgan fingerprint density at radius 3 is 2.76 bits per heavy atom. The number of nitrogens with one attached hydrogen (secondary N) is 1. The zero-order chi connectivity index (χ0) is 29.9. The lowest BCUT2D eigenvalue weighted by molar-refractivity contribution is -0.0511. The van der Waals surface area contributed by atoms with E-state index in [0.29, 0.717) is 0 Å². The zero-order valence-corrected chi connectivity index (χ0v) is 23.4. The van der Waals surface area contributed by atoms with Gasteiger partial charge < -0.3 is 35.8 Å². The maximum atomic E-state index is 15.4. The van der Waals surface area contributed by atoms with Crippen molar-refractivity contribution in [1.29, 1.82) is 0 Å². The maximum Gasteiger partial charge on any atom is 0.325 e. The molecule has 0 aliphatic carbocycles. The van der Waals surface area contributed by atoms with E-state index < -0.39 is 73.0 Å². The van der Waals surface area contributed by atoms with E-state index in [1.165, 1.54) is 10.9 Å². The number of imidazole rings is 1. The molecule has 9 atom stereocenters. The van der Waals surface area contributed by atoms with Crippen LogP contribution in [0.15, 0.2) is 17.4 Å². The van der Waals surface area contributed by atoms with Crippen molar-refractivity contribution < 1.29 is 37.7 Å². The van der Waals surface area contributed by atoms with Gasteiger partial charge in [0.05, 0.1) is 24.8 Å². The summed E-state index contributed by atoms with van der Waals surface area (Å²) in [6, 6.07) is 0. The first-order chi connectivity index (χ1) is 20.0. The molecular formula is C19H22F2N11O7PS2. The van der Waals surface area contributed by atoms with Crippen molar-refractivity contribution in [1.82, 2.24) is 44.5 Å². The molecule has 6 heterocycles. The fraction of sp³-hybridized carbons (Fsp3) is 0.526. The quantitative estimate of drug-likeness (QED) is 0.121. The van der Waals surface area contributed by atoms with E-state index in [2.05, 4.69) is 35.2 Å². The van der Waals surface area contributed by atoms with Crippen molar-refractivity contribution in [3.05, 3.63) is 23.0 Å². The molecule has 8 N–H and O–H groups in total. The second-order valence-electron chi connectivity index (χ2n) is 9.27. The molecule has 6 rings (SSSR count). The molecule has 4 aromatic heterocycles. The van der Waals surface area contributed by atoms with Gasteiger partial charge in [0, 0.05) is 0 Å². The number of ether oxygens (including phenoxy) is 1. The van der Waals surface area contributed by atoms with Crippen LogP contribution >= 0.6 is 18.5 Å². The van der Waals surface area contributed by atoms with Crippen LogP contribution in [0.25, 0.3) is 22.3 Å². The number of H-pyrrole nitrogens is 1. The summed E-state index contributed by atoms with van der Waals surface area (Å²) in [7, 11) is 0. The van der Waals surface area contributed by atoms with Crippen molar-refractivity contribution in [3.8, 4) is 0 Å². The first-order valence-electron chi connectivity index (χ1n) is 12.1. The summed E-state index contributed by atoms with van der Waals surface area (Å²) in [5.41, 5.74) is 10.8. The summed E-state index contributed by atoms with van der Waals surface area (Å²) in [5, 5.41) is 25.8. The molecule has 42 heavy (non-hydrogen) atoms. The Morgan fingerprint density at radius 1 is 1.21 bits per heavy atom. The maximum absolute atomic E-state index is 15.4. The number of hydrogen-bond donors (Lipinski definition) is 6. The predicted molar refractivity (Wildman–Crippen MR) is 145 cm³/mol. The first kappa shape index (κ1) is 29.1. The van der Waals surface area contributed by atoms with Crippen LogP contribution < -0.4 is 17.0 Å². The number of nitrogens with zero attached hydrogens (tertiary/aromatic N) is 8. The molecule has 2 unspecified atom stereocenters. The number of anilines is 2. The Labute approximate surface area is 241 Å². The molecule has 23 heteroatoms. The standard InChI is InChI=1S/C19H22F2N11O7PS2/c20-7-6(1-33)42-18(31-4-26-10-15(31)27-19(23)28-16(10)35)12(7)39-40(36,41)37-2-5-11(34)8(21)17(38-5)32-14-9(29-30-32)13(22)24-3-25-14/h3-8,11-12,17-18,33-34H,1-2H2,(H,36,41)(H2,22,24,25)(H3,23,27,28,35)/t5-,6-,7+,8+,11-,12-,17?,18-,40?/m1/s1. The van der Waals surface area contributed by atoms with Crippen LogP contribution in [0.1, 0.15) is 11.6 Å². The molecule has 226 valence electrons. The van der Waals surface area contributed by atoms with Crippen molar-refractivity contribution >= 4 is 64.4 Å². The van der Waals surface area contributed by atoms with Gasteiger partial charge in [-0.25, -0.2) is 23.7 Å². The second-order valence-corrected chi connectivity index (χ2v) is 13.4. The van der Waals surface area contributed by atoms with Crippen LogP contribution in [0.4, 0.5) is 20.5 Å². The SMILES string of the molecule is Nc1nc2c(ncn2[C@@H]2S[C@H](CO)[C@H](F)[C@H]2OP(O)(=S)OC[C@H]2OC(n3nnc4c(N)ncnc43)[C@@H](F)[C@@H]2O)c(=O)[nH]1. The second kappa shape index (κ2) is 11.0. The third-order valence-corrected chi connectivity index (χ3v) is 9.74. The van der Waals surface area contributed by atoms with E-state index in [-0.39, 0.29) is 34.1 Å². The van der Waals surface area contributed by atoms with Crippen LogP contribution in [-0.4, -0.2) is 109 Å². The van der Waals surface area contributed by atoms with Crippen LogP contribution in [-0.2, 0) is 25.6 Å². The number of aliphatic hydroxyl groups excluding tert-OH is 2. The lowest BCUT2D eigenvalue weighted by Crippen LogP contribution is -2.33. The summed E-state index contributed by atoms with van der Waals surface area (Å²) >= 11 is 6.03. The molecule has 2 saturated heterocycles. The molecule has 0 saturated carbocycles. The first-order valence-corrected chi connectivity index (χ1v) is 15.6. The molecule has 18 nitrogen and oxygen atoms in total. The number of aliphatic hydroxyl groups is 2. The van der Waals surface area contributed by atoms with Gasteiger partial charge in [-0.05, 0) is 11.8 Å². The highest BCUT2D eigenvalue weighted by molar-refractivity contribution is 8.07. The topological polar surface area (TPSA) is 260 Å². The number of halogens is 2. The van der Waals surface area contributed by atoms with Gasteiger partial charge >= 0.3 is 6.72 Å². The molecule has 2 aliphatic rings. The number of alkyl halides is 2. The monoisotopic (exact) mass is 649 g/mol. The van der Waals surface area contributed by atoms with Gasteiger partial charge in [0.1, 0.15) is 36.2 Å². The van der Waals surface area contributed by atoms with E-state index in [9.17, 15) is 19.9 Å². The minimum absolute atomic E-state index is 0.00549. The van der Waals surface area contributed by atoms with Crippen molar-refractivity contribution in [2.24, 2.45) is 0 Å². The Hall–Kier alpha value is -2.95. The molecule has 0 aromatic carbocycles. The van der Waals surface area contributed by atoms with E-state index in [1.807, 2.05) is 0 Å². The molecule has 0 amide bonds. The molecule has 0 spiro atoms. The highest BCUT2D eigenvalue weighted by Gasteiger charge is 2.50. The van der Waals surface area contributed by atoms with Crippen molar-refractivity contribution in [2.45, 2.75) is 47.5 Å². The average Bonchev–Trinajstić information content (AvgIpc) is 3.69. The highest BCUT2D eigenvalue weighted by atomic mass is 32.5. The van der Waals surface area contributed by atoms with E-state index in [1.54, 1.807) is 0 Å². The Bertz CT molecular complexity index is 1750. The Kier molecular flexibility index (Phi) is 7.60. The van der Waals surface area contributed by atoms with Crippen LogP contribution in [0.2, 0.25) is 0 Å². The van der Waals surface area contributed by atoms with E-state index >= 15 is 8.78 Å². The van der Waals surface area contributed by atoms with Crippen molar-refractivity contribution in [3.63, 3.8) is 0 Å². The Morgan fingerprint density at radius 2 is 2.00 bits per heavy atom. The van der Waals surface area contributed by atoms with Gasteiger partial charge in [0.25, 0.3) is 5.56 Å². The smallest absolute Gasteiger partial charge is 0.325 e.